The summed E-state index contributed by atoms with van der Waals surface area (Å²) >= 11 is 1.53. The number of hydrogen-bond donors (Lipinski definition) is 2. The average molecular weight is 252 g/mol. The Morgan fingerprint density at radius 1 is 1.53 bits per heavy atom. The van der Waals surface area contributed by atoms with Crippen LogP contribution in [0.1, 0.15) is 37.6 Å². The van der Waals surface area contributed by atoms with Gasteiger partial charge < -0.3 is 11.1 Å². The summed E-state index contributed by atoms with van der Waals surface area (Å²) in [5.41, 5.74) is 5.94. The normalized spacial score (nSPS) is 30.2. The van der Waals surface area contributed by atoms with Gasteiger partial charge in [0, 0.05) is 10.9 Å². The van der Waals surface area contributed by atoms with Gasteiger partial charge in [-0.3, -0.25) is 4.79 Å². The summed E-state index contributed by atoms with van der Waals surface area (Å²) in [5, 5.41) is 5.04. The van der Waals surface area contributed by atoms with Crippen molar-refractivity contribution < 1.29 is 4.79 Å². The molecule has 4 heteroatoms. The Hall–Kier alpha value is -0.870. The Labute approximate surface area is 106 Å². The van der Waals surface area contributed by atoms with Crippen molar-refractivity contribution in [3.8, 4) is 0 Å². The van der Waals surface area contributed by atoms with E-state index in [2.05, 4.69) is 19.2 Å². The van der Waals surface area contributed by atoms with Gasteiger partial charge in [0.2, 0.25) is 5.91 Å². The summed E-state index contributed by atoms with van der Waals surface area (Å²) in [6, 6.07) is 3.62. The fourth-order valence-corrected chi connectivity index (χ4v) is 3.16. The molecule has 1 aliphatic rings. The molecule has 1 saturated carbocycles. The Bertz CT molecular complexity index is 377. The Kier molecular flexibility index (Phi) is 3.84. The molecule has 1 heterocycles. The summed E-state index contributed by atoms with van der Waals surface area (Å²) in [4.78, 5) is 13.0. The van der Waals surface area contributed by atoms with Crippen LogP contribution in [0, 0.1) is 11.8 Å². The highest BCUT2D eigenvalue weighted by atomic mass is 32.1. The van der Waals surface area contributed by atoms with Crippen molar-refractivity contribution in [3.05, 3.63) is 22.4 Å². The maximum absolute atomic E-state index is 12.0. The standard InChI is InChI=1S/C13H20N2OS/c1-8-5-6-10(9(8)2)15-13(16)12(14)11-4-3-7-17-11/h3-4,7-10,12H,5-6,14H2,1-2H3,(H,15,16). The molecule has 4 atom stereocenters. The predicted molar refractivity (Wildman–Crippen MR) is 70.7 cm³/mol. The van der Waals surface area contributed by atoms with E-state index in [1.807, 2.05) is 17.5 Å². The van der Waals surface area contributed by atoms with E-state index >= 15 is 0 Å². The lowest BCUT2D eigenvalue weighted by molar-refractivity contribution is -0.123. The van der Waals surface area contributed by atoms with Crippen LogP contribution < -0.4 is 11.1 Å². The number of nitrogens with two attached hydrogens (primary N) is 1. The predicted octanol–water partition coefficient (Wildman–Crippen LogP) is 2.30. The van der Waals surface area contributed by atoms with Gasteiger partial charge in [0.1, 0.15) is 6.04 Å². The molecule has 0 aromatic carbocycles. The Balaban J connectivity index is 1.93. The molecular formula is C13H20N2OS. The second-order valence-electron chi connectivity index (χ2n) is 5.02. The zero-order valence-corrected chi connectivity index (χ0v) is 11.2. The summed E-state index contributed by atoms with van der Waals surface area (Å²) in [5.74, 6) is 1.20. The minimum Gasteiger partial charge on any atom is -0.351 e. The lowest BCUT2D eigenvalue weighted by Crippen LogP contribution is -2.42. The van der Waals surface area contributed by atoms with Gasteiger partial charge in [0.05, 0.1) is 0 Å². The van der Waals surface area contributed by atoms with Crippen molar-refractivity contribution in [2.24, 2.45) is 17.6 Å². The second-order valence-corrected chi connectivity index (χ2v) is 6.00. The molecule has 0 aliphatic heterocycles. The molecule has 1 aromatic rings. The summed E-state index contributed by atoms with van der Waals surface area (Å²) in [6.45, 7) is 4.45. The molecule has 1 aliphatic carbocycles. The molecule has 2 rings (SSSR count). The van der Waals surface area contributed by atoms with Crippen LogP contribution in [0.2, 0.25) is 0 Å². The number of carbonyl (C=O) groups excluding carboxylic acids is 1. The van der Waals surface area contributed by atoms with E-state index < -0.39 is 6.04 Å². The first-order valence-corrected chi connectivity index (χ1v) is 7.07. The monoisotopic (exact) mass is 252 g/mol. The molecule has 0 radical (unpaired) electrons. The number of nitrogens with one attached hydrogen (secondary N) is 1. The van der Waals surface area contributed by atoms with E-state index in [0.717, 1.165) is 11.3 Å². The van der Waals surface area contributed by atoms with Crippen LogP contribution in [0.5, 0.6) is 0 Å². The molecule has 0 bridgehead atoms. The van der Waals surface area contributed by atoms with E-state index in [4.69, 9.17) is 5.73 Å². The van der Waals surface area contributed by atoms with Gasteiger partial charge in [-0.2, -0.15) is 0 Å². The molecule has 94 valence electrons. The van der Waals surface area contributed by atoms with Crippen LogP contribution in [0.15, 0.2) is 17.5 Å². The smallest absolute Gasteiger partial charge is 0.242 e. The maximum Gasteiger partial charge on any atom is 0.242 e. The third-order valence-corrected chi connectivity index (χ3v) is 4.88. The molecule has 3 N–H and O–H groups in total. The van der Waals surface area contributed by atoms with Crippen molar-refractivity contribution in [2.45, 2.75) is 38.8 Å². The van der Waals surface area contributed by atoms with E-state index in [1.54, 1.807) is 0 Å². The fourth-order valence-electron chi connectivity index (χ4n) is 2.44. The van der Waals surface area contributed by atoms with E-state index in [0.29, 0.717) is 17.9 Å². The van der Waals surface area contributed by atoms with Crippen molar-refractivity contribution in [3.63, 3.8) is 0 Å². The van der Waals surface area contributed by atoms with Crippen LogP contribution in [-0.4, -0.2) is 11.9 Å². The minimum absolute atomic E-state index is 0.0431. The minimum atomic E-state index is -0.516. The van der Waals surface area contributed by atoms with E-state index in [9.17, 15) is 4.79 Å². The first kappa shape index (κ1) is 12.6. The molecule has 4 unspecified atom stereocenters. The van der Waals surface area contributed by atoms with Crippen molar-refractivity contribution in [2.75, 3.05) is 0 Å². The molecule has 1 amide bonds. The SMILES string of the molecule is CC1CCC(NC(=O)C(N)c2cccs2)C1C. The molecule has 1 fully saturated rings. The molecule has 17 heavy (non-hydrogen) atoms. The average Bonchev–Trinajstić information content (AvgIpc) is 2.93. The van der Waals surface area contributed by atoms with Gasteiger partial charge in [-0.05, 0) is 36.1 Å². The highest BCUT2D eigenvalue weighted by Crippen LogP contribution is 2.31. The van der Waals surface area contributed by atoms with Gasteiger partial charge in [-0.15, -0.1) is 11.3 Å². The highest BCUT2D eigenvalue weighted by molar-refractivity contribution is 7.10. The summed E-state index contributed by atoms with van der Waals surface area (Å²) in [7, 11) is 0. The van der Waals surface area contributed by atoms with Crippen LogP contribution in [0.3, 0.4) is 0 Å². The quantitative estimate of drug-likeness (QED) is 0.867. The molecule has 3 nitrogen and oxygen atoms in total. The van der Waals surface area contributed by atoms with E-state index in [-0.39, 0.29) is 5.91 Å². The van der Waals surface area contributed by atoms with Gasteiger partial charge >= 0.3 is 0 Å². The van der Waals surface area contributed by atoms with Crippen LogP contribution in [0.25, 0.3) is 0 Å². The number of carbonyl (C=O) groups is 1. The number of rotatable bonds is 3. The molecule has 0 saturated heterocycles. The second kappa shape index (κ2) is 5.19. The first-order chi connectivity index (χ1) is 8.09. The first-order valence-electron chi connectivity index (χ1n) is 6.19. The zero-order chi connectivity index (χ0) is 12.4. The van der Waals surface area contributed by atoms with Crippen molar-refractivity contribution >= 4 is 17.2 Å². The lowest BCUT2D eigenvalue weighted by atomic mass is 9.97. The van der Waals surface area contributed by atoms with E-state index in [1.165, 1.54) is 17.8 Å². The molecule has 0 spiro atoms. The third kappa shape index (κ3) is 2.69. The van der Waals surface area contributed by atoms with Crippen molar-refractivity contribution in [1.82, 2.24) is 5.32 Å². The number of thiophene rings is 1. The summed E-state index contributed by atoms with van der Waals surface area (Å²) in [6.07, 6.45) is 2.27. The number of hydrogen-bond acceptors (Lipinski definition) is 3. The molecular weight excluding hydrogens is 232 g/mol. The highest BCUT2D eigenvalue weighted by Gasteiger charge is 2.32. The fraction of sp³-hybridized carbons (Fsp3) is 0.615. The Morgan fingerprint density at radius 2 is 2.29 bits per heavy atom. The van der Waals surface area contributed by atoms with Gasteiger partial charge in [0.25, 0.3) is 0 Å². The van der Waals surface area contributed by atoms with Crippen LogP contribution in [0.4, 0.5) is 0 Å². The third-order valence-electron chi connectivity index (χ3n) is 3.93. The maximum atomic E-state index is 12.0. The van der Waals surface area contributed by atoms with Crippen LogP contribution in [-0.2, 0) is 4.79 Å². The topological polar surface area (TPSA) is 55.1 Å². The Morgan fingerprint density at radius 3 is 2.82 bits per heavy atom. The van der Waals surface area contributed by atoms with Crippen molar-refractivity contribution in [1.29, 1.82) is 0 Å². The van der Waals surface area contributed by atoms with Gasteiger partial charge in [-0.25, -0.2) is 0 Å². The van der Waals surface area contributed by atoms with Gasteiger partial charge in [-0.1, -0.05) is 19.9 Å². The van der Waals surface area contributed by atoms with Gasteiger partial charge in [0.15, 0.2) is 0 Å². The summed E-state index contributed by atoms with van der Waals surface area (Å²) < 4.78 is 0. The lowest BCUT2D eigenvalue weighted by Gasteiger charge is -2.21. The molecule has 1 aromatic heterocycles. The van der Waals surface area contributed by atoms with Crippen LogP contribution >= 0.6 is 11.3 Å². The zero-order valence-electron chi connectivity index (χ0n) is 10.3. The largest absolute Gasteiger partial charge is 0.351 e. The number of amides is 1.